The molecule has 0 spiro atoms. The summed E-state index contributed by atoms with van der Waals surface area (Å²) >= 11 is 0. The summed E-state index contributed by atoms with van der Waals surface area (Å²) in [7, 11) is 0. The average molecular weight is 313 g/mol. The van der Waals surface area contributed by atoms with Gasteiger partial charge in [0.2, 0.25) is 0 Å². The van der Waals surface area contributed by atoms with Gasteiger partial charge in [-0.05, 0) is 65.2 Å². The maximum Gasteiger partial charge on any atom is 0.309 e. The number of rotatable bonds is 6. The molecule has 2 N–H and O–H groups in total. The van der Waals surface area contributed by atoms with Crippen molar-refractivity contribution in [1.29, 1.82) is 0 Å². The van der Waals surface area contributed by atoms with E-state index in [9.17, 15) is 9.90 Å². The van der Waals surface area contributed by atoms with Crippen molar-refractivity contribution in [2.45, 2.75) is 91.4 Å². The number of ether oxygens (including phenoxy) is 1. The number of carbonyl (C=O) groups is 1. The fourth-order valence-electron chi connectivity index (χ4n) is 3.21. The third-order valence-corrected chi connectivity index (χ3v) is 4.18. The highest BCUT2D eigenvalue weighted by molar-refractivity contribution is 5.73. The van der Waals surface area contributed by atoms with Crippen molar-refractivity contribution in [2.75, 3.05) is 6.54 Å². The minimum Gasteiger partial charge on any atom is -0.460 e. The molecule has 0 radical (unpaired) electrons. The van der Waals surface area contributed by atoms with Gasteiger partial charge < -0.3 is 15.2 Å². The minimum atomic E-state index is -0.392. The van der Waals surface area contributed by atoms with Crippen LogP contribution in [0.2, 0.25) is 0 Å². The molecule has 0 aromatic heterocycles. The van der Waals surface area contributed by atoms with Gasteiger partial charge in [0.15, 0.2) is 0 Å². The molecule has 4 nitrogen and oxygen atoms in total. The zero-order chi connectivity index (χ0) is 17.0. The van der Waals surface area contributed by atoms with E-state index in [1.807, 2.05) is 27.7 Å². The summed E-state index contributed by atoms with van der Waals surface area (Å²) in [5, 5.41) is 13.1. The van der Waals surface area contributed by atoms with Gasteiger partial charge >= 0.3 is 5.97 Å². The smallest absolute Gasteiger partial charge is 0.309 e. The fourth-order valence-corrected chi connectivity index (χ4v) is 3.21. The molecule has 1 fully saturated rings. The van der Waals surface area contributed by atoms with Crippen LogP contribution in [0.3, 0.4) is 0 Å². The Morgan fingerprint density at radius 1 is 1.18 bits per heavy atom. The Balaban J connectivity index is 2.32. The number of nitrogens with one attached hydrogen (secondary N) is 1. The summed E-state index contributed by atoms with van der Waals surface area (Å²) in [5.41, 5.74) is -0.298. The topological polar surface area (TPSA) is 58.6 Å². The van der Waals surface area contributed by atoms with Gasteiger partial charge in [0, 0.05) is 12.6 Å². The van der Waals surface area contributed by atoms with Gasteiger partial charge in [0.25, 0.3) is 0 Å². The van der Waals surface area contributed by atoms with Crippen molar-refractivity contribution in [2.24, 2.45) is 11.3 Å². The molecule has 0 bridgehead atoms. The molecule has 4 heteroatoms. The summed E-state index contributed by atoms with van der Waals surface area (Å²) in [4.78, 5) is 12.1. The van der Waals surface area contributed by atoms with E-state index >= 15 is 0 Å². The van der Waals surface area contributed by atoms with Gasteiger partial charge in [-0.1, -0.05) is 13.8 Å². The third-order valence-electron chi connectivity index (χ3n) is 4.18. The lowest BCUT2D eigenvalue weighted by Crippen LogP contribution is -2.41. The van der Waals surface area contributed by atoms with Crippen molar-refractivity contribution in [3.8, 4) is 0 Å². The molecule has 0 aromatic carbocycles. The quantitative estimate of drug-likeness (QED) is 0.739. The van der Waals surface area contributed by atoms with E-state index in [1.54, 1.807) is 0 Å². The third kappa shape index (κ3) is 7.59. The fraction of sp³-hybridized carbons (Fsp3) is 0.944. The van der Waals surface area contributed by atoms with E-state index in [0.717, 1.165) is 38.6 Å². The second-order valence-corrected chi connectivity index (χ2v) is 8.68. The molecule has 22 heavy (non-hydrogen) atoms. The molecular weight excluding hydrogens is 278 g/mol. The van der Waals surface area contributed by atoms with Crippen LogP contribution >= 0.6 is 0 Å². The lowest BCUT2D eigenvalue weighted by atomic mass is 9.83. The molecule has 0 aromatic rings. The number of hydrogen-bond donors (Lipinski definition) is 2. The maximum absolute atomic E-state index is 12.1. The van der Waals surface area contributed by atoms with Crippen molar-refractivity contribution in [3.05, 3.63) is 0 Å². The van der Waals surface area contributed by atoms with Crippen molar-refractivity contribution < 1.29 is 14.6 Å². The normalized spacial score (nSPS) is 24.9. The molecule has 130 valence electrons. The summed E-state index contributed by atoms with van der Waals surface area (Å²) in [6, 6.07) is 0.479. The monoisotopic (exact) mass is 313 g/mol. The van der Waals surface area contributed by atoms with Crippen LogP contribution in [0.15, 0.2) is 0 Å². The Morgan fingerprint density at radius 3 is 2.18 bits per heavy atom. The van der Waals surface area contributed by atoms with Gasteiger partial charge in [-0.2, -0.15) is 0 Å². The minimum absolute atomic E-state index is 0.0413. The molecule has 1 atom stereocenters. The lowest BCUT2D eigenvalue weighted by molar-refractivity contribution is -0.161. The van der Waals surface area contributed by atoms with Gasteiger partial charge in [0.05, 0.1) is 12.0 Å². The van der Waals surface area contributed by atoms with Gasteiger partial charge in [-0.15, -0.1) is 0 Å². The SMILES string of the molecule is CC(O)CC(C)(C)CNC1CCC(C(=O)OC(C)(C)C)CC1. The average Bonchev–Trinajstić information content (AvgIpc) is 2.33. The van der Waals surface area contributed by atoms with Gasteiger partial charge in [-0.25, -0.2) is 0 Å². The van der Waals surface area contributed by atoms with Gasteiger partial charge in [-0.3, -0.25) is 4.79 Å². The van der Waals surface area contributed by atoms with Crippen LogP contribution in [0, 0.1) is 11.3 Å². The zero-order valence-electron chi connectivity index (χ0n) is 15.2. The molecule has 0 aliphatic heterocycles. The molecule has 0 saturated heterocycles. The Kier molecular flexibility index (Phi) is 6.87. The lowest BCUT2D eigenvalue weighted by Gasteiger charge is -2.33. The van der Waals surface area contributed by atoms with Crippen LogP contribution in [0.4, 0.5) is 0 Å². The van der Waals surface area contributed by atoms with Crippen molar-refractivity contribution in [3.63, 3.8) is 0 Å². The molecule has 1 saturated carbocycles. The van der Waals surface area contributed by atoms with E-state index in [1.165, 1.54) is 0 Å². The highest BCUT2D eigenvalue weighted by Crippen LogP contribution is 2.28. The summed E-state index contributed by atoms with van der Waals surface area (Å²) in [6.45, 7) is 12.9. The Labute approximate surface area is 136 Å². The second-order valence-electron chi connectivity index (χ2n) is 8.68. The summed E-state index contributed by atoms with van der Waals surface area (Å²) in [6.07, 6.45) is 4.39. The molecule has 1 aliphatic carbocycles. The first kappa shape index (κ1) is 19.4. The molecule has 0 heterocycles. The zero-order valence-corrected chi connectivity index (χ0v) is 15.2. The maximum atomic E-state index is 12.1. The highest BCUT2D eigenvalue weighted by atomic mass is 16.6. The number of aliphatic hydroxyl groups is 1. The Bertz CT molecular complexity index is 350. The summed E-state index contributed by atoms with van der Waals surface area (Å²) in [5.74, 6) is 0.0168. The first-order chi connectivity index (χ1) is 9.98. The van der Waals surface area contributed by atoms with E-state index in [2.05, 4.69) is 19.2 Å². The van der Waals surface area contributed by atoms with Crippen molar-refractivity contribution in [1.82, 2.24) is 5.32 Å². The largest absolute Gasteiger partial charge is 0.460 e. The van der Waals surface area contributed by atoms with E-state index in [4.69, 9.17) is 4.74 Å². The predicted octanol–water partition coefficient (Wildman–Crippen LogP) is 3.27. The van der Waals surface area contributed by atoms with Crippen LogP contribution in [-0.4, -0.2) is 35.4 Å². The Morgan fingerprint density at radius 2 is 1.73 bits per heavy atom. The first-order valence-electron chi connectivity index (χ1n) is 8.63. The van der Waals surface area contributed by atoms with E-state index < -0.39 is 5.60 Å². The Hall–Kier alpha value is -0.610. The second kappa shape index (κ2) is 7.78. The van der Waals surface area contributed by atoms with Crippen LogP contribution < -0.4 is 5.32 Å². The predicted molar refractivity (Wildman–Crippen MR) is 89.7 cm³/mol. The van der Waals surface area contributed by atoms with E-state index in [-0.39, 0.29) is 23.4 Å². The first-order valence-corrected chi connectivity index (χ1v) is 8.63. The van der Waals surface area contributed by atoms with Crippen LogP contribution in [0.5, 0.6) is 0 Å². The number of hydrogen-bond acceptors (Lipinski definition) is 4. The molecule has 0 amide bonds. The molecule has 1 rings (SSSR count). The van der Waals surface area contributed by atoms with Crippen LogP contribution in [-0.2, 0) is 9.53 Å². The molecule has 1 unspecified atom stereocenters. The van der Waals surface area contributed by atoms with E-state index in [0.29, 0.717) is 6.04 Å². The number of esters is 1. The number of carbonyl (C=O) groups excluding carboxylic acids is 1. The molecule has 1 aliphatic rings. The summed E-state index contributed by atoms with van der Waals surface area (Å²) < 4.78 is 5.48. The van der Waals surface area contributed by atoms with Gasteiger partial charge in [0.1, 0.15) is 5.60 Å². The standard InChI is InChI=1S/C18H35NO3/c1-13(20)11-18(5,6)12-19-15-9-7-14(8-10-15)16(21)22-17(2,3)4/h13-15,19-20H,7-12H2,1-6H3. The number of aliphatic hydroxyl groups excluding tert-OH is 1. The van der Waals surface area contributed by atoms with Crippen molar-refractivity contribution >= 4 is 5.97 Å². The molecular formula is C18H35NO3. The highest BCUT2D eigenvalue weighted by Gasteiger charge is 2.30. The van der Waals surface area contributed by atoms with Crippen LogP contribution in [0.1, 0.15) is 73.6 Å². The van der Waals surface area contributed by atoms with Crippen LogP contribution in [0.25, 0.3) is 0 Å².